The van der Waals surface area contributed by atoms with Crippen LogP contribution in [0.2, 0.25) is 0 Å². The smallest absolute Gasteiger partial charge is 0.266 e. The van der Waals surface area contributed by atoms with Crippen LogP contribution in [0.25, 0.3) is 34.8 Å². The van der Waals surface area contributed by atoms with Crippen molar-refractivity contribution in [3.63, 3.8) is 0 Å². The molecule has 6 aromatic heterocycles. The van der Waals surface area contributed by atoms with Gasteiger partial charge in [0.2, 0.25) is 17.7 Å². The molecule has 0 aliphatic carbocycles. The third-order valence-corrected chi connectivity index (χ3v) is 7.15. The Morgan fingerprint density at radius 1 is 0.393 bits per heavy atom. The molecule has 0 saturated carbocycles. The Kier molecular flexibility index (Phi) is 44.8. The van der Waals surface area contributed by atoms with E-state index >= 15 is 0 Å². The second kappa shape index (κ2) is 41.8. The van der Waals surface area contributed by atoms with Gasteiger partial charge in [-0.25, -0.2) is 20.8 Å². The Bertz CT molecular complexity index is 1880. The summed E-state index contributed by atoms with van der Waals surface area (Å²) in [6, 6.07) is 16.6. The fourth-order valence-electron chi connectivity index (χ4n) is 4.53. The summed E-state index contributed by atoms with van der Waals surface area (Å²) in [5, 5.41) is 23.9. The summed E-state index contributed by atoms with van der Waals surface area (Å²) in [4.78, 5) is 12.7. The molecule has 0 saturated heterocycles. The molecule has 61 heavy (non-hydrogen) atoms. The first-order chi connectivity index (χ1) is 27.9. The normalized spacial score (nSPS) is 9.20. The number of rotatable bonds is 15. The molecule has 12 nitrogen and oxygen atoms in total. The van der Waals surface area contributed by atoms with Crippen molar-refractivity contribution in [1.29, 1.82) is 0 Å². The Morgan fingerprint density at radius 2 is 0.672 bits per heavy atom. The molecule has 0 aliphatic heterocycles. The van der Waals surface area contributed by atoms with Crippen LogP contribution in [0.5, 0.6) is 0 Å². The predicted octanol–water partition coefficient (Wildman–Crippen LogP) is 12.3. The Balaban J connectivity index is -0.000000365. The van der Waals surface area contributed by atoms with E-state index in [1.54, 1.807) is 0 Å². The first kappa shape index (κ1) is 65.4. The maximum absolute atomic E-state index is 5.58. The molecule has 6 aromatic rings. The van der Waals surface area contributed by atoms with Gasteiger partial charge in [0, 0.05) is 117 Å². The van der Waals surface area contributed by atoms with E-state index in [-0.39, 0.29) is 106 Å². The number of aryl methyl sites for hydroxylation is 3. The maximum atomic E-state index is 5.58. The molecule has 0 N–H and O–H groups in total. The largest absolute Gasteiger partial charge is 0.419 e. The quantitative estimate of drug-likeness (QED) is 0.0710. The average molecular weight is 1060 g/mol. The number of aromatic nitrogens is 9. The summed E-state index contributed by atoms with van der Waals surface area (Å²) in [7, 11) is 0. The molecule has 0 atom stereocenters. The van der Waals surface area contributed by atoms with E-state index in [0.717, 1.165) is 77.0 Å². The number of hydrogen-bond donors (Lipinski definition) is 0. The summed E-state index contributed by atoms with van der Waals surface area (Å²) < 4.78 is 16.6. The molecule has 0 amide bonds. The van der Waals surface area contributed by atoms with Gasteiger partial charge in [0.25, 0.3) is 17.7 Å². The number of pyridine rings is 3. The number of nitrogens with zero attached hydrogens (tertiary/aromatic N) is 9. The molecule has 6 rings (SSSR count). The van der Waals surface area contributed by atoms with Crippen LogP contribution < -0.4 is 0 Å². The van der Waals surface area contributed by atoms with Crippen LogP contribution in [0, 0.1) is 41.5 Å². The van der Waals surface area contributed by atoms with E-state index in [1.807, 2.05) is 96.1 Å². The molecular formula is C46H67N9O3Y3-6. The molecule has 0 unspecified atom stereocenters. The zero-order valence-corrected chi connectivity index (χ0v) is 45.4. The molecule has 0 bridgehead atoms. The van der Waals surface area contributed by atoms with Crippen LogP contribution in [-0.2, 0) is 117 Å². The molecule has 0 aliphatic rings. The SMILES string of the molecule is C.CC.CC.CC.[CH2-]CCCCCc1nnc(-c2cccc([CH2-])n2)o1.[CH2-]CCCCc1nnc(-c2cccc([CH2-])n2)o1.[CH2-]CCCc1nnc(-c2cccc([CH2-])n2)o1.[Y].[Y].[Y]. The first-order valence-electron chi connectivity index (χ1n) is 20.1. The van der Waals surface area contributed by atoms with Gasteiger partial charge in [0.15, 0.2) is 0 Å². The number of unbranched alkanes of at least 4 members (excludes halogenated alkanes) is 6. The van der Waals surface area contributed by atoms with E-state index in [9.17, 15) is 0 Å². The maximum Gasteiger partial charge on any atom is 0.266 e. The van der Waals surface area contributed by atoms with Crippen LogP contribution in [0.15, 0.2) is 67.8 Å². The predicted molar refractivity (Wildman–Crippen MR) is 235 cm³/mol. The number of hydrogen-bond acceptors (Lipinski definition) is 12. The van der Waals surface area contributed by atoms with Crippen LogP contribution >= 0.6 is 0 Å². The van der Waals surface area contributed by atoms with Gasteiger partial charge in [-0.1, -0.05) is 74.7 Å². The molecule has 329 valence electrons. The van der Waals surface area contributed by atoms with Gasteiger partial charge in [-0.15, -0.1) is 65.9 Å². The molecular weight excluding hydrogens is 993 g/mol. The van der Waals surface area contributed by atoms with Crippen molar-refractivity contribution in [2.24, 2.45) is 0 Å². The summed E-state index contributed by atoms with van der Waals surface area (Å²) in [5.74, 6) is 3.34. The zero-order chi connectivity index (χ0) is 42.3. The van der Waals surface area contributed by atoms with Crippen LogP contribution in [0.4, 0.5) is 0 Å². The van der Waals surface area contributed by atoms with Crippen LogP contribution in [0.3, 0.4) is 0 Å². The molecule has 0 fully saturated rings. The molecule has 3 radical (unpaired) electrons. The van der Waals surface area contributed by atoms with E-state index < -0.39 is 0 Å². The third-order valence-electron chi connectivity index (χ3n) is 7.15. The minimum atomic E-state index is 0. The van der Waals surface area contributed by atoms with Gasteiger partial charge in [0.1, 0.15) is 17.1 Å². The van der Waals surface area contributed by atoms with Gasteiger partial charge in [-0.3, -0.25) is 15.0 Å². The van der Waals surface area contributed by atoms with Crippen molar-refractivity contribution in [2.45, 2.75) is 126 Å². The fraction of sp³-hybridized carbons (Fsp3) is 0.413. The van der Waals surface area contributed by atoms with Crippen molar-refractivity contribution in [2.75, 3.05) is 0 Å². The Labute approximate surface area is 443 Å². The van der Waals surface area contributed by atoms with Gasteiger partial charge in [-0.2, -0.15) is 37.5 Å². The van der Waals surface area contributed by atoms with Gasteiger partial charge in [0.05, 0.1) is 0 Å². The van der Waals surface area contributed by atoms with Crippen molar-refractivity contribution in [1.82, 2.24) is 45.5 Å². The molecule has 0 spiro atoms. The van der Waals surface area contributed by atoms with Crippen molar-refractivity contribution >= 4 is 0 Å². The molecule has 15 heteroatoms. The van der Waals surface area contributed by atoms with E-state index in [4.69, 9.17) is 13.3 Å². The van der Waals surface area contributed by atoms with Gasteiger partial charge in [-0.05, 0) is 31.0 Å². The summed E-state index contributed by atoms with van der Waals surface area (Å²) in [6.07, 6.45) is 11.6. The van der Waals surface area contributed by atoms with E-state index in [0.29, 0.717) is 69.5 Å². The topological polar surface area (TPSA) is 155 Å². The van der Waals surface area contributed by atoms with Gasteiger partial charge < -0.3 is 34.0 Å². The third kappa shape index (κ3) is 26.9. The van der Waals surface area contributed by atoms with E-state index in [2.05, 4.69) is 87.1 Å². The Morgan fingerprint density at radius 3 is 0.967 bits per heavy atom. The first-order valence-corrected chi connectivity index (χ1v) is 20.1. The monoisotopic (exact) mass is 1060 g/mol. The summed E-state index contributed by atoms with van der Waals surface area (Å²) >= 11 is 0. The fourth-order valence-corrected chi connectivity index (χ4v) is 4.53. The average Bonchev–Trinajstić information content (AvgIpc) is 4.04. The zero-order valence-electron chi connectivity index (χ0n) is 36.9. The Hall–Kier alpha value is -2.21. The molecule has 6 heterocycles. The molecule has 0 aromatic carbocycles. The van der Waals surface area contributed by atoms with Gasteiger partial charge >= 0.3 is 0 Å². The summed E-state index contributed by atoms with van der Waals surface area (Å²) in [5.41, 5.74) is 4.10. The van der Waals surface area contributed by atoms with Crippen molar-refractivity contribution < 1.29 is 111 Å². The minimum Gasteiger partial charge on any atom is -0.419 e. The second-order valence-electron chi connectivity index (χ2n) is 11.5. The second-order valence-corrected chi connectivity index (χ2v) is 11.5. The minimum absolute atomic E-state index is 0. The van der Waals surface area contributed by atoms with E-state index in [1.165, 1.54) is 0 Å². The van der Waals surface area contributed by atoms with Crippen molar-refractivity contribution in [3.05, 3.63) is 131 Å². The summed E-state index contributed by atoms with van der Waals surface area (Å²) in [6.45, 7) is 34.7. The van der Waals surface area contributed by atoms with Crippen molar-refractivity contribution in [3.8, 4) is 34.8 Å². The van der Waals surface area contributed by atoms with Crippen LogP contribution in [-0.4, -0.2) is 45.5 Å². The van der Waals surface area contributed by atoms with Crippen LogP contribution in [0.1, 0.15) is 142 Å². The standard InChI is InChI=1S/C14H17N3O.C13H15N3O.C12H13N3O.3C2H6.CH4.3Y/c1-3-4-5-6-10-13-16-17-14(18-13)12-9-7-8-11(2)15-12;1-3-4-5-9-12-15-16-13(17-12)11-8-6-7-10(2)14-11;1-3-4-8-11-14-15-12(16-11)10-7-5-6-9(2)13-10;3*1-2;;;;/h7-9H,1-6,10H2;6-8H,1-5,9H2;5-7H,1-4,8H2;3*1-2H3;1H4;;;/q3*-2;;;;;;;.